The average Bonchev–Trinajstić information content (AvgIpc) is 3.30. The molecule has 6 atom stereocenters. The number of aromatic nitrogens is 1. The van der Waals surface area contributed by atoms with Crippen molar-refractivity contribution in [3.63, 3.8) is 0 Å². The number of nitrogens with two attached hydrogens (primary N) is 1. The van der Waals surface area contributed by atoms with E-state index >= 15 is 4.39 Å². The molecule has 1 aromatic heterocycles. The number of pyridine rings is 1. The van der Waals surface area contributed by atoms with E-state index in [0.717, 1.165) is 25.1 Å². The molecule has 3 aromatic rings. The Morgan fingerprint density at radius 1 is 1.15 bits per heavy atom. The highest BCUT2D eigenvalue weighted by atomic mass is 35.5. The second-order valence-electron chi connectivity index (χ2n) is 12.2. The zero-order valence-corrected chi connectivity index (χ0v) is 27.4. The molecule has 0 spiro atoms. The van der Waals surface area contributed by atoms with Gasteiger partial charge in [-0.2, -0.15) is 17.5 Å². The zero-order valence-electron chi connectivity index (χ0n) is 25.8. The van der Waals surface area contributed by atoms with E-state index in [9.17, 15) is 26.4 Å². The lowest BCUT2D eigenvalue weighted by Crippen LogP contribution is -2.46. The number of fused-ring (bicyclic) bond motifs is 2. The summed E-state index contributed by atoms with van der Waals surface area (Å²) in [6.45, 7) is 3.03. The number of rotatable bonds is 9. The quantitative estimate of drug-likeness (QED) is 0.247. The third-order valence-electron chi connectivity index (χ3n) is 9.21. The van der Waals surface area contributed by atoms with Gasteiger partial charge in [0, 0.05) is 47.0 Å². The standard InChI is InChI=1S/C33H38ClF4N5O3S/c1-2-20-17-40-24-5-4-16-47(45,46)43(19-24)28(20)14-13-25-26(35)6-3-7-27(25)42-32(44)31(39)30(21-8-11-23(34)12-9-21)22-10-15-29(41-18-22)33(36,37)38/h3,6-12,15,18,20,24,28,30-31,40H,2,4-5,13-14,16-17,19,39H2,1H3,(H,42,44). The highest BCUT2D eigenvalue weighted by Gasteiger charge is 2.40. The molecule has 2 saturated heterocycles. The van der Waals surface area contributed by atoms with Gasteiger partial charge in [0.2, 0.25) is 15.9 Å². The zero-order chi connectivity index (χ0) is 33.9. The number of anilines is 1. The fourth-order valence-corrected chi connectivity index (χ4v) is 8.66. The van der Waals surface area contributed by atoms with Crippen molar-refractivity contribution in [2.75, 3.05) is 24.2 Å². The minimum atomic E-state index is -4.65. The van der Waals surface area contributed by atoms with Crippen LogP contribution >= 0.6 is 11.6 Å². The highest BCUT2D eigenvalue weighted by molar-refractivity contribution is 7.89. The van der Waals surface area contributed by atoms with Crippen LogP contribution in [0.15, 0.2) is 60.8 Å². The van der Waals surface area contributed by atoms with Gasteiger partial charge in [-0.15, -0.1) is 0 Å². The summed E-state index contributed by atoms with van der Waals surface area (Å²) in [4.78, 5) is 17.2. The number of carbonyl (C=O) groups excluding carboxylic acids is 1. The Kier molecular flexibility index (Phi) is 10.9. The number of amides is 1. The van der Waals surface area contributed by atoms with Gasteiger partial charge in [-0.25, -0.2) is 12.8 Å². The fourth-order valence-electron chi connectivity index (χ4n) is 6.67. The van der Waals surface area contributed by atoms with Crippen LogP contribution in [0, 0.1) is 11.7 Å². The van der Waals surface area contributed by atoms with Gasteiger partial charge in [0.15, 0.2) is 0 Å². The number of benzene rings is 2. The summed E-state index contributed by atoms with van der Waals surface area (Å²) < 4.78 is 83.2. The van der Waals surface area contributed by atoms with E-state index in [0.29, 0.717) is 36.5 Å². The molecule has 14 heteroatoms. The molecule has 5 rings (SSSR count). The Bertz CT molecular complexity index is 1660. The summed E-state index contributed by atoms with van der Waals surface area (Å²) in [7, 11) is -3.50. The van der Waals surface area contributed by atoms with Crippen molar-refractivity contribution in [3.8, 4) is 0 Å². The molecule has 6 unspecified atom stereocenters. The molecule has 2 aliphatic heterocycles. The van der Waals surface area contributed by atoms with Crippen molar-refractivity contribution >= 4 is 33.2 Å². The number of hydrogen-bond donors (Lipinski definition) is 3. The molecule has 0 radical (unpaired) electrons. The maximum Gasteiger partial charge on any atom is 0.433 e. The van der Waals surface area contributed by atoms with Gasteiger partial charge in [-0.1, -0.05) is 49.2 Å². The third kappa shape index (κ3) is 8.14. The predicted octanol–water partition coefficient (Wildman–Crippen LogP) is 5.72. The fraction of sp³-hybridized carbons (Fsp3) is 0.455. The van der Waals surface area contributed by atoms with Crippen LogP contribution in [0.1, 0.15) is 60.9 Å². The molecule has 1 amide bonds. The largest absolute Gasteiger partial charge is 0.433 e. The van der Waals surface area contributed by atoms with Gasteiger partial charge in [0.25, 0.3) is 0 Å². The lowest BCUT2D eigenvalue weighted by Gasteiger charge is -2.33. The maximum atomic E-state index is 15.4. The number of sulfonamides is 1. The molecular formula is C33H38ClF4N5O3S. The Morgan fingerprint density at radius 3 is 2.53 bits per heavy atom. The summed E-state index contributed by atoms with van der Waals surface area (Å²) >= 11 is 6.06. The van der Waals surface area contributed by atoms with E-state index in [1.165, 1.54) is 18.2 Å². The van der Waals surface area contributed by atoms with Crippen molar-refractivity contribution in [1.82, 2.24) is 14.6 Å². The van der Waals surface area contributed by atoms with Crippen molar-refractivity contribution in [3.05, 3.63) is 94.0 Å². The Balaban J connectivity index is 1.40. The molecule has 2 aromatic carbocycles. The molecule has 2 aliphatic rings. The summed E-state index contributed by atoms with van der Waals surface area (Å²) in [5, 5.41) is 6.67. The molecule has 0 aliphatic carbocycles. The maximum absolute atomic E-state index is 15.4. The van der Waals surface area contributed by atoms with Crippen LogP contribution in [0.4, 0.5) is 23.2 Å². The first-order chi connectivity index (χ1) is 22.3. The molecule has 2 fully saturated rings. The lowest BCUT2D eigenvalue weighted by molar-refractivity contribution is -0.141. The first kappa shape index (κ1) is 35.2. The van der Waals surface area contributed by atoms with E-state index in [4.69, 9.17) is 17.3 Å². The van der Waals surface area contributed by atoms with Gasteiger partial charge in [-0.3, -0.25) is 9.78 Å². The van der Waals surface area contributed by atoms with Crippen LogP contribution < -0.4 is 16.4 Å². The summed E-state index contributed by atoms with van der Waals surface area (Å²) in [6, 6.07) is 11.1. The smallest absolute Gasteiger partial charge is 0.324 e. The number of carbonyl (C=O) groups is 1. The van der Waals surface area contributed by atoms with Gasteiger partial charge >= 0.3 is 6.18 Å². The summed E-state index contributed by atoms with van der Waals surface area (Å²) in [6.07, 6.45) is -1.05. The molecular weight excluding hydrogens is 658 g/mol. The second-order valence-corrected chi connectivity index (χ2v) is 14.7. The molecule has 254 valence electrons. The van der Waals surface area contributed by atoms with Crippen molar-refractivity contribution in [2.45, 2.75) is 69.2 Å². The Labute approximate surface area is 277 Å². The highest BCUT2D eigenvalue weighted by Crippen LogP contribution is 2.34. The van der Waals surface area contributed by atoms with Crippen LogP contribution in [-0.4, -0.2) is 60.6 Å². The monoisotopic (exact) mass is 695 g/mol. The normalized spacial score (nSPS) is 24.1. The minimum Gasteiger partial charge on any atom is -0.324 e. The molecule has 8 nitrogen and oxygen atoms in total. The third-order valence-corrected chi connectivity index (χ3v) is 11.4. The minimum absolute atomic E-state index is 0.0172. The van der Waals surface area contributed by atoms with Gasteiger partial charge in [-0.05, 0) is 79.6 Å². The molecule has 0 saturated carbocycles. The molecule has 3 heterocycles. The van der Waals surface area contributed by atoms with Crippen molar-refractivity contribution in [1.29, 1.82) is 0 Å². The van der Waals surface area contributed by atoms with Crippen molar-refractivity contribution in [2.24, 2.45) is 11.7 Å². The van der Waals surface area contributed by atoms with E-state index in [1.54, 1.807) is 34.6 Å². The average molecular weight is 696 g/mol. The van der Waals surface area contributed by atoms with E-state index < -0.39 is 45.6 Å². The number of hydrogen-bond acceptors (Lipinski definition) is 6. The number of halogens is 5. The summed E-state index contributed by atoms with van der Waals surface area (Å²) in [5.74, 6) is -2.08. The van der Waals surface area contributed by atoms with Crippen LogP contribution in [0.5, 0.6) is 0 Å². The lowest BCUT2D eigenvalue weighted by atomic mass is 9.85. The molecule has 2 bridgehead atoms. The first-order valence-corrected chi connectivity index (χ1v) is 17.6. The van der Waals surface area contributed by atoms with Gasteiger partial charge < -0.3 is 16.4 Å². The first-order valence-electron chi connectivity index (χ1n) is 15.6. The number of nitrogens with zero attached hydrogens (tertiary/aromatic N) is 2. The van der Waals surface area contributed by atoms with Gasteiger partial charge in [0.05, 0.1) is 11.8 Å². The Hall–Kier alpha value is -3.10. The Morgan fingerprint density at radius 2 is 1.87 bits per heavy atom. The van der Waals surface area contributed by atoms with Crippen molar-refractivity contribution < 1.29 is 30.8 Å². The van der Waals surface area contributed by atoms with E-state index in [1.807, 2.05) is 6.92 Å². The van der Waals surface area contributed by atoms with Crippen LogP contribution in [0.3, 0.4) is 0 Å². The molecule has 47 heavy (non-hydrogen) atoms. The number of alkyl halides is 3. The van der Waals surface area contributed by atoms with E-state index in [-0.39, 0.29) is 47.0 Å². The topological polar surface area (TPSA) is 117 Å². The van der Waals surface area contributed by atoms with E-state index in [2.05, 4.69) is 15.6 Å². The second kappa shape index (κ2) is 14.6. The molecule has 4 N–H and O–H groups in total. The predicted molar refractivity (Wildman–Crippen MR) is 173 cm³/mol. The van der Waals surface area contributed by atoms with Crippen LogP contribution in [0.25, 0.3) is 0 Å². The van der Waals surface area contributed by atoms with Crippen LogP contribution in [-0.2, 0) is 27.4 Å². The van der Waals surface area contributed by atoms with Crippen LogP contribution in [0.2, 0.25) is 5.02 Å². The summed E-state index contributed by atoms with van der Waals surface area (Å²) in [5.41, 5.74) is 6.59. The number of nitrogens with one attached hydrogen (secondary N) is 2. The SMILES string of the molecule is CCC1CNC2CCCS(=O)(=O)N(C2)C1CCc1c(F)cccc1NC(=O)C(N)C(c1ccc(Cl)cc1)c1ccc(C(F)(F)F)nc1. The van der Waals surface area contributed by atoms with Gasteiger partial charge in [0.1, 0.15) is 11.5 Å².